The highest BCUT2D eigenvalue weighted by atomic mass is 16.6. The fraction of sp³-hybridized carbons (Fsp3) is 0.755. The number of cyclic esters (lactones) is 1. The molecule has 2 bridgehead atoms. The molecule has 4 rings (SSSR count). The molecule has 0 aromatic rings. The number of methoxy groups -OCH3 is 1. The molecule has 13 nitrogen and oxygen atoms in total. The average molecular weight is 872 g/mol. The van der Waals surface area contributed by atoms with Crippen LogP contribution in [0.25, 0.3) is 0 Å². The van der Waals surface area contributed by atoms with E-state index in [2.05, 4.69) is 0 Å². The summed E-state index contributed by atoms with van der Waals surface area (Å²) in [6.45, 7) is 12.8. The van der Waals surface area contributed by atoms with Crippen molar-refractivity contribution in [3.63, 3.8) is 0 Å². The highest BCUT2D eigenvalue weighted by molar-refractivity contribution is 5.87. The van der Waals surface area contributed by atoms with E-state index in [1.807, 2.05) is 45.9 Å². The summed E-state index contributed by atoms with van der Waals surface area (Å²) in [5.74, 6) is -5.54. The molecule has 0 aromatic heterocycles. The van der Waals surface area contributed by atoms with Crippen LogP contribution in [0.4, 0.5) is 0 Å². The summed E-state index contributed by atoms with van der Waals surface area (Å²) in [6, 6.07) is -0.935. The third-order valence-electron chi connectivity index (χ3n) is 14.1. The van der Waals surface area contributed by atoms with Gasteiger partial charge in [-0.1, -0.05) is 71.1 Å². The molecule has 3 fully saturated rings. The minimum absolute atomic E-state index is 0.0308. The van der Waals surface area contributed by atoms with Crippen LogP contribution in [0.3, 0.4) is 0 Å². The molecule has 2 saturated heterocycles. The molecule has 62 heavy (non-hydrogen) atoms. The van der Waals surface area contributed by atoms with E-state index in [9.17, 15) is 44.7 Å². The smallest absolute Gasteiger partial charge is 0.329 e. The molecule has 15 atom stereocenters. The van der Waals surface area contributed by atoms with Crippen molar-refractivity contribution in [2.24, 2.45) is 35.5 Å². The fourth-order valence-electron chi connectivity index (χ4n) is 9.72. The van der Waals surface area contributed by atoms with Gasteiger partial charge in [0.2, 0.25) is 5.91 Å². The molecule has 3 aliphatic heterocycles. The number of esters is 1. The van der Waals surface area contributed by atoms with E-state index in [0.29, 0.717) is 63.4 Å². The second-order valence-electron chi connectivity index (χ2n) is 19.3. The van der Waals surface area contributed by atoms with Gasteiger partial charge in [-0.2, -0.15) is 0 Å². The van der Waals surface area contributed by atoms with E-state index >= 15 is 0 Å². The first-order valence-corrected chi connectivity index (χ1v) is 23.2. The van der Waals surface area contributed by atoms with Crippen molar-refractivity contribution in [2.45, 2.75) is 186 Å². The van der Waals surface area contributed by atoms with Crippen LogP contribution in [0.15, 0.2) is 47.6 Å². The third-order valence-corrected chi connectivity index (χ3v) is 14.1. The number of nitrogens with zero attached hydrogens (tertiary/aromatic N) is 1. The van der Waals surface area contributed by atoms with E-state index in [1.54, 1.807) is 46.1 Å². The van der Waals surface area contributed by atoms with E-state index in [0.717, 1.165) is 6.42 Å². The van der Waals surface area contributed by atoms with Crippen LogP contribution >= 0.6 is 0 Å². The van der Waals surface area contributed by atoms with Gasteiger partial charge in [0.1, 0.15) is 30.1 Å². The summed E-state index contributed by atoms with van der Waals surface area (Å²) in [6.07, 6.45) is 9.90. The van der Waals surface area contributed by atoms with Crippen LogP contribution in [0.2, 0.25) is 0 Å². The predicted molar refractivity (Wildman–Crippen MR) is 235 cm³/mol. The maximum Gasteiger partial charge on any atom is 0.329 e. The Bertz CT molecular complexity index is 1640. The number of allylic oxidation sites excluding steroid dienone is 6. The minimum atomic E-state index is -1.81. The maximum absolute atomic E-state index is 14.3. The number of rotatable bonds is 4. The first-order valence-electron chi connectivity index (χ1n) is 23.2. The lowest BCUT2D eigenvalue weighted by atomic mass is 9.78. The maximum atomic E-state index is 14.3. The highest BCUT2D eigenvalue weighted by Crippen LogP contribution is 2.38. The lowest BCUT2D eigenvalue weighted by Gasteiger charge is -2.44. The molecule has 350 valence electrons. The van der Waals surface area contributed by atoms with Gasteiger partial charge >= 0.3 is 5.97 Å². The molecule has 0 aromatic carbocycles. The Morgan fingerprint density at radius 1 is 0.871 bits per heavy atom. The SMILES string of the molecule is COC1CC(CC(C)C2CC(=O)C(C)C=C(C)C(O)C(O)C(=O)C(C)CC(C)C=CC=CC=C(C)C(O)CC3CCC(C)C(O)(CC(=O)N4CCCCC4C(=O)O2)O3)CCC1O. The molecule has 5 N–H and O–H groups in total. The summed E-state index contributed by atoms with van der Waals surface area (Å²) < 4.78 is 18.1. The monoisotopic (exact) mass is 872 g/mol. The minimum Gasteiger partial charge on any atom is -0.460 e. The van der Waals surface area contributed by atoms with E-state index in [1.165, 1.54) is 4.90 Å². The zero-order valence-corrected chi connectivity index (χ0v) is 38.5. The number of carbonyl (C=O) groups excluding carboxylic acids is 4. The van der Waals surface area contributed by atoms with E-state index in [4.69, 9.17) is 14.2 Å². The van der Waals surface area contributed by atoms with Crippen LogP contribution in [0.5, 0.6) is 0 Å². The topological polar surface area (TPSA) is 200 Å². The largest absolute Gasteiger partial charge is 0.460 e. The molecule has 3 heterocycles. The second kappa shape index (κ2) is 23.8. The summed E-state index contributed by atoms with van der Waals surface area (Å²) >= 11 is 0. The molecular formula is C49H77NO12. The van der Waals surface area contributed by atoms with Crippen LogP contribution in [0, 0.1) is 35.5 Å². The molecule has 1 amide bonds. The zero-order valence-electron chi connectivity index (χ0n) is 38.5. The molecule has 1 aliphatic carbocycles. The normalized spacial score (nSPS) is 39.0. The van der Waals surface area contributed by atoms with Crippen molar-refractivity contribution in [2.75, 3.05) is 13.7 Å². The number of amides is 1. The van der Waals surface area contributed by atoms with Crippen LogP contribution in [0.1, 0.15) is 132 Å². The molecule has 1 saturated carbocycles. The zero-order chi connectivity index (χ0) is 45.9. The van der Waals surface area contributed by atoms with Crippen LogP contribution < -0.4 is 0 Å². The molecule has 13 heteroatoms. The van der Waals surface area contributed by atoms with Gasteiger partial charge in [0.25, 0.3) is 0 Å². The first-order chi connectivity index (χ1) is 29.2. The Balaban J connectivity index is 1.65. The number of aliphatic hydroxyl groups is 5. The number of hydrogen-bond acceptors (Lipinski definition) is 12. The summed E-state index contributed by atoms with van der Waals surface area (Å²) in [4.78, 5) is 57.2. The summed E-state index contributed by atoms with van der Waals surface area (Å²) in [5.41, 5.74) is 0.961. The number of Topliss-reactive ketones (excluding diaryl/α,β-unsaturated/α-hetero) is 2. The van der Waals surface area contributed by atoms with Crippen LogP contribution in [-0.4, -0.2) is 122 Å². The number of fused-ring (bicyclic) bond motifs is 3. The Kier molecular flexibility index (Phi) is 19.8. The van der Waals surface area contributed by atoms with E-state index < -0.39 is 77.9 Å². The lowest BCUT2D eigenvalue weighted by Crippen LogP contribution is -2.54. The lowest BCUT2D eigenvalue weighted by molar-refractivity contribution is -0.283. The van der Waals surface area contributed by atoms with E-state index in [-0.39, 0.29) is 66.9 Å². The summed E-state index contributed by atoms with van der Waals surface area (Å²) in [7, 11) is 1.57. The van der Waals surface area contributed by atoms with Gasteiger partial charge in [-0.3, -0.25) is 14.4 Å². The molecule has 15 unspecified atom stereocenters. The third kappa shape index (κ3) is 14.2. The van der Waals surface area contributed by atoms with Gasteiger partial charge < -0.3 is 44.6 Å². The Morgan fingerprint density at radius 2 is 1.60 bits per heavy atom. The molecule has 0 spiro atoms. The standard InChI is InChI=1S/C49H77NO12/c1-29-14-10-9-11-15-30(2)40(52)26-37-19-17-35(7)49(59,62-37)28-44(54)50-21-13-12-16-38(50)48(58)61-42(32(4)24-36-18-20-39(51)43(25-36)60-8)27-41(53)31(3)23-34(6)46(56)47(57)45(55)33(5)22-29/h9-11,14-15,23,29,31-33,35-40,42-43,46-47,51-52,56-57,59H,12-13,16-22,24-28H2,1-8H3. The van der Waals surface area contributed by atoms with Gasteiger partial charge in [-0.15, -0.1) is 0 Å². The van der Waals surface area contributed by atoms with Crippen molar-refractivity contribution in [1.82, 2.24) is 4.90 Å². The fourth-order valence-corrected chi connectivity index (χ4v) is 9.72. The molecule has 4 aliphatic rings. The van der Waals surface area contributed by atoms with Crippen molar-refractivity contribution >= 4 is 23.4 Å². The van der Waals surface area contributed by atoms with Crippen molar-refractivity contribution in [3.05, 3.63) is 47.6 Å². The van der Waals surface area contributed by atoms with Crippen molar-refractivity contribution in [1.29, 1.82) is 0 Å². The van der Waals surface area contributed by atoms with Crippen molar-refractivity contribution in [3.8, 4) is 0 Å². The number of ether oxygens (including phenoxy) is 3. The number of aliphatic hydroxyl groups excluding tert-OH is 4. The quantitative estimate of drug-likeness (QED) is 0.171. The number of hydrogen-bond donors (Lipinski definition) is 5. The van der Waals surface area contributed by atoms with Gasteiger partial charge in [-0.05, 0) is 107 Å². The van der Waals surface area contributed by atoms with Gasteiger partial charge in [0.15, 0.2) is 11.6 Å². The van der Waals surface area contributed by atoms with Gasteiger partial charge in [-0.25, -0.2) is 4.79 Å². The highest BCUT2D eigenvalue weighted by Gasteiger charge is 2.46. The Hall–Kier alpha value is -3.04. The second-order valence-corrected chi connectivity index (χ2v) is 19.3. The molecular weight excluding hydrogens is 795 g/mol. The van der Waals surface area contributed by atoms with Crippen molar-refractivity contribution < 1.29 is 58.9 Å². The first kappa shape index (κ1) is 51.6. The van der Waals surface area contributed by atoms with Gasteiger partial charge in [0.05, 0.1) is 30.8 Å². The number of ketones is 2. The number of carbonyl (C=O) groups is 4. The summed E-state index contributed by atoms with van der Waals surface area (Å²) in [5, 5.41) is 55.5. The predicted octanol–water partition coefficient (Wildman–Crippen LogP) is 5.69. The Morgan fingerprint density at radius 3 is 2.31 bits per heavy atom. The number of piperidine rings is 1. The average Bonchev–Trinajstić information content (AvgIpc) is 3.23. The van der Waals surface area contributed by atoms with Gasteiger partial charge in [0, 0.05) is 44.2 Å². The van der Waals surface area contributed by atoms with Crippen LogP contribution in [-0.2, 0) is 33.4 Å². The Labute approximate surface area is 369 Å². The molecule has 0 radical (unpaired) electrons.